The van der Waals surface area contributed by atoms with E-state index in [2.05, 4.69) is 86.6 Å². The first-order valence-electron chi connectivity index (χ1n) is 13.8. The molecule has 0 unspecified atom stereocenters. The number of unbranched alkanes of at least 4 members (excludes halogenated alkanes) is 8. The van der Waals surface area contributed by atoms with Crippen molar-refractivity contribution >= 4 is 23.5 Å². The van der Waals surface area contributed by atoms with E-state index in [0.717, 1.165) is 5.75 Å². The molecular formula is C33H44S2. The molecule has 0 saturated carbocycles. The Morgan fingerprint density at radius 1 is 0.457 bits per heavy atom. The monoisotopic (exact) mass is 504 g/mol. The fourth-order valence-corrected chi connectivity index (χ4v) is 6.05. The van der Waals surface area contributed by atoms with Crippen molar-refractivity contribution in [2.45, 2.75) is 100 Å². The Morgan fingerprint density at radius 2 is 0.943 bits per heavy atom. The molecule has 0 nitrogen and oxygen atoms in total. The fraction of sp³-hybridized carbons (Fsp3) is 0.455. The van der Waals surface area contributed by atoms with Crippen molar-refractivity contribution in [2.75, 3.05) is 5.75 Å². The van der Waals surface area contributed by atoms with Gasteiger partial charge in [0.05, 0.1) is 0 Å². The molecule has 188 valence electrons. The minimum atomic E-state index is 1.03. The summed E-state index contributed by atoms with van der Waals surface area (Å²) in [5, 5.41) is 0. The molecular weight excluding hydrogens is 460 g/mol. The third-order valence-electron chi connectivity index (χ3n) is 6.56. The van der Waals surface area contributed by atoms with E-state index in [4.69, 9.17) is 0 Å². The van der Waals surface area contributed by atoms with Crippen LogP contribution >= 0.6 is 23.5 Å². The molecule has 0 aliphatic carbocycles. The van der Waals surface area contributed by atoms with Crippen LogP contribution in [0.4, 0.5) is 0 Å². The molecule has 3 aromatic rings. The van der Waals surface area contributed by atoms with Gasteiger partial charge in [-0.15, -0.1) is 23.5 Å². The van der Waals surface area contributed by atoms with Crippen LogP contribution in [0.2, 0.25) is 0 Å². The quantitative estimate of drug-likeness (QED) is 0.132. The van der Waals surface area contributed by atoms with E-state index in [9.17, 15) is 0 Å². The van der Waals surface area contributed by atoms with E-state index in [1.165, 1.54) is 108 Å². The number of thioether (sulfide) groups is 2. The molecule has 0 aliphatic rings. The Balaban J connectivity index is 1.39. The average molecular weight is 505 g/mol. The highest BCUT2D eigenvalue weighted by atomic mass is 32.2. The lowest BCUT2D eigenvalue weighted by atomic mass is 10.0. The molecule has 0 N–H and O–H groups in total. The highest BCUT2D eigenvalue weighted by Crippen LogP contribution is 2.28. The lowest BCUT2D eigenvalue weighted by Gasteiger charge is -2.07. The van der Waals surface area contributed by atoms with Crippen molar-refractivity contribution in [1.82, 2.24) is 0 Å². The zero-order valence-electron chi connectivity index (χ0n) is 21.9. The summed E-state index contributed by atoms with van der Waals surface area (Å²) in [4.78, 5) is 2.72. The predicted octanol–water partition coefficient (Wildman–Crippen LogP) is 11.2. The normalized spacial score (nSPS) is 11.1. The van der Waals surface area contributed by atoms with Crippen LogP contribution in [0.5, 0.6) is 0 Å². The van der Waals surface area contributed by atoms with Crippen LogP contribution in [0.1, 0.15) is 89.2 Å². The van der Waals surface area contributed by atoms with Gasteiger partial charge in [0.1, 0.15) is 0 Å². The molecule has 0 atom stereocenters. The molecule has 2 heteroatoms. The number of benzene rings is 3. The third kappa shape index (κ3) is 10.9. The first-order chi connectivity index (χ1) is 17.3. The summed E-state index contributed by atoms with van der Waals surface area (Å²) in [5.74, 6) is 2.26. The van der Waals surface area contributed by atoms with Crippen LogP contribution in [0, 0.1) is 0 Å². The van der Waals surface area contributed by atoms with Gasteiger partial charge in [-0.1, -0.05) is 114 Å². The third-order valence-corrected chi connectivity index (χ3v) is 8.74. The zero-order chi connectivity index (χ0) is 24.6. The maximum absolute atomic E-state index is 2.33. The summed E-state index contributed by atoms with van der Waals surface area (Å²) in [6, 6.07) is 27.4. The maximum atomic E-state index is 2.33. The Bertz CT molecular complexity index is 926. The van der Waals surface area contributed by atoms with Gasteiger partial charge in [-0.25, -0.2) is 0 Å². The summed E-state index contributed by atoms with van der Waals surface area (Å²) in [6.07, 6.45) is 14.8. The molecule has 0 aromatic heterocycles. The summed E-state index contributed by atoms with van der Waals surface area (Å²) in [7, 11) is 0. The van der Waals surface area contributed by atoms with E-state index in [-0.39, 0.29) is 0 Å². The molecule has 3 rings (SSSR count). The summed E-state index contributed by atoms with van der Waals surface area (Å²) < 4.78 is 0. The van der Waals surface area contributed by atoms with Gasteiger partial charge in [0.2, 0.25) is 0 Å². The smallest absolute Gasteiger partial charge is 0.0231 e. The fourth-order valence-electron chi connectivity index (χ4n) is 4.28. The van der Waals surface area contributed by atoms with Crippen LogP contribution < -0.4 is 0 Å². The predicted molar refractivity (Wildman–Crippen MR) is 160 cm³/mol. The average Bonchev–Trinajstić information content (AvgIpc) is 2.91. The standard InChI is InChI=1S/C33H44S2/c1-3-5-7-9-10-11-13-28-14-16-29(17-15-28)27-35-33-24-20-31(21-25-33)30-18-22-32(23-19-30)34-26-12-8-6-4-2/h14-25H,3-13,26-27H2,1-2H3. The molecule has 0 radical (unpaired) electrons. The summed E-state index contributed by atoms with van der Waals surface area (Å²) >= 11 is 3.91. The number of aryl methyl sites for hydroxylation is 1. The summed E-state index contributed by atoms with van der Waals surface area (Å²) in [6.45, 7) is 4.55. The molecule has 3 aromatic carbocycles. The highest BCUT2D eigenvalue weighted by molar-refractivity contribution is 7.99. The largest absolute Gasteiger partial charge is 0.126 e. The Labute approximate surface area is 223 Å². The second-order valence-electron chi connectivity index (χ2n) is 9.58. The molecule has 0 aliphatic heterocycles. The van der Waals surface area contributed by atoms with E-state index in [1.54, 1.807) is 0 Å². The van der Waals surface area contributed by atoms with Gasteiger partial charge in [-0.2, -0.15) is 0 Å². The van der Waals surface area contributed by atoms with Crippen molar-refractivity contribution in [3.05, 3.63) is 83.9 Å². The van der Waals surface area contributed by atoms with E-state index in [1.807, 2.05) is 23.5 Å². The molecule has 0 fully saturated rings. The summed E-state index contributed by atoms with van der Waals surface area (Å²) in [5.41, 5.74) is 5.50. The molecule has 0 bridgehead atoms. The Morgan fingerprint density at radius 3 is 1.54 bits per heavy atom. The molecule has 0 amide bonds. The first-order valence-corrected chi connectivity index (χ1v) is 15.8. The number of hydrogen-bond acceptors (Lipinski definition) is 2. The van der Waals surface area contributed by atoms with Crippen molar-refractivity contribution in [3.8, 4) is 11.1 Å². The Hall–Kier alpha value is -1.64. The lowest BCUT2D eigenvalue weighted by Crippen LogP contribution is -1.88. The van der Waals surface area contributed by atoms with Crippen LogP contribution in [0.15, 0.2) is 82.6 Å². The second-order valence-corrected chi connectivity index (χ2v) is 11.8. The van der Waals surface area contributed by atoms with Crippen molar-refractivity contribution < 1.29 is 0 Å². The minimum Gasteiger partial charge on any atom is -0.126 e. The van der Waals surface area contributed by atoms with Gasteiger partial charge in [-0.3, -0.25) is 0 Å². The topological polar surface area (TPSA) is 0 Å². The van der Waals surface area contributed by atoms with Crippen molar-refractivity contribution in [3.63, 3.8) is 0 Å². The van der Waals surface area contributed by atoms with Gasteiger partial charge >= 0.3 is 0 Å². The first kappa shape index (κ1) is 27.9. The van der Waals surface area contributed by atoms with Gasteiger partial charge in [-0.05, 0) is 71.5 Å². The van der Waals surface area contributed by atoms with Gasteiger partial charge in [0, 0.05) is 15.5 Å². The maximum Gasteiger partial charge on any atom is 0.0231 e. The van der Waals surface area contributed by atoms with Crippen molar-refractivity contribution in [1.29, 1.82) is 0 Å². The SMILES string of the molecule is CCCCCCCCc1ccc(CSc2ccc(-c3ccc(SCCCCCC)cc3)cc2)cc1. The lowest BCUT2D eigenvalue weighted by molar-refractivity contribution is 0.607. The molecule has 0 heterocycles. The van der Waals surface area contributed by atoms with Gasteiger partial charge in [0.25, 0.3) is 0 Å². The second kappa shape index (κ2) is 16.9. The number of rotatable bonds is 17. The zero-order valence-corrected chi connectivity index (χ0v) is 23.6. The highest BCUT2D eigenvalue weighted by Gasteiger charge is 2.02. The van der Waals surface area contributed by atoms with Gasteiger partial charge in [0.15, 0.2) is 0 Å². The molecule has 35 heavy (non-hydrogen) atoms. The van der Waals surface area contributed by atoms with Crippen LogP contribution in [0.25, 0.3) is 11.1 Å². The molecule has 0 spiro atoms. The van der Waals surface area contributed by atoms with E-state index < -0.39 is 0 Å². The van der Waals surface area contributed by atoms with Crippen LogP contribution in [-0.4, -0.2) is 5.75 Å². The Kier molecular flexibility index (Phi) is 13.5. The van der Waals surface area contributed by atoms with Crippen molar-refractivity contribution in [2.24, 2.45) is 0 Å². The van der Waals surface area contributed by atoms with E-state index >= 15 is 0 Å². The number of hydrogen-bond donors (Lipinski definition) is 0. The minimum absolute atomic E-state index is 1.03. The van der Waals surface area contributed by atoms with Crippen LogP contribution in [0.3, 0.4) is 0 Å². The van der Waals surface area contributed by atoms with Gasteiger partial charge < -0.3 is 0 Å². The van der Waals surface area contributed by atoms with Crippen LogP contribution in [-0.2, 0) is 12.2 Å². The molecule has 0 saturated heterocycles. The van der Waals surface area contributed by atoms with E-state index in [0.29, 0.717) is 0 Å².